The smallest absolute Gasteiger partial charge is 0.0662 e. The van der Waals surface area contributed by atoms with Crippen molar-refractivity contribution in [3.8, 4) is 6.07 Å². The molecule has 0 aromatic carbocycles. The molecule has 0 radical (unpaired) electrons. The minimum Gasteiger partial charge on any atom is -0.392 e. The highest BCUT2D eigenvalue weighted by Gasteiger charge is 2.06. The molecule has 0 aliphatic rings. The quantitative estimate of drug-likeness (QED) is 0.626. The molecule has 0 bridgehead atoms. The first-order valence-electron chi connectivity index (χ1n) is 4.52. The molecule has 0 fully saturated rings. The van der Waals surface area contributed by atoms with E-state index in [2.05, 4.69) is 11.4 Å². The van der Waals surface area contributed by atoms with Gasteiger partial charge in [0.2, 0.25) is 0 Å². The van der Waals surface area contributed by atoms with Crippen molar-refractivity contribution in [2.75, 3.05) is 6.54 Å². The van der Waals surface area contributed by atoms with Crippen LogP contribution in [0.4, 0.5) is 0 Å². The zero-order chi connectivity index (χ0) is 9.40. The number of aliphatic hydroxyl groups excluding tert-OH is 1. The van der Waals surface area contributed by atoms with Crippen molar-refractivity contribution in [2.24, 2.45) is 0 Å². The molecule has 2 N–H and O–H groups in total. The molecule has 0 spiro atoms. The van der Waals surface area contributed by atoms with Crippen LogP contribution in [0.5, 0.6) is 0 Å². The Labute approximate surface area is 74.4 Å². The first kappa shape index (κ1) is 11.4. The molecule has 2 atom stereocenters. The van der Waals surface area contributed by atoms with E-state index in [-0.39, 0.29) is 12.1 Å². The highest BCUT2D eigenvalue weighted by atomic mass is 16.3. The third kappa shape index (κ3) is 5.11. The average molecular weight is 170 g/mol. The van der Waals surface area contributed by atoms with Gasteiger partial charge in [-0.2, -0.15) is 5.26 Å². The average Bonchev–Trinajstić information content (AvgIpc) is 2.11. The van der Waals surface area contributed by atoms with Gasteiger partial charge in [-0.1, -0.05) is 13.8 Å². The van der Waals surface area contributed by atoms with E-state index in [1.807, 2.05) is 13.8 Å². The van der Waals surface area contributed by atoms with Crippen LogP contribution in [0, 0.1) is 11.3 Å². The monoisotopic (exact) mass is 170 g/mol. The van der Waals surface area contributed by atoms with Gasteiger partial charge < -0.3 is 10.4 Å². The molecule has 0 aromatic heterocycles. The topological polar surface area (TPSA) is 56.0 Å². The number of rotatable bonds is 6. The van der Waals surface area contributed by atoms with Crippen molar-refractivity contribution in [1.29, 1.82) is 5.26 Å². The molecule has 3 nitrogen and oxygen atoms in total. The molecular weight excluding hydrogens is 152 g/mol. The molecule has 12 heavy (non-hydrogen) atoms. The number of nitriles is 1. The van der Waals surface area contributed by atoms with E-state index in [1.54, 1.807) is 0 Å². The summed E-state index contributed by atoms with van der Waals surface area (Å²) in [4.78, 5) is 0. The summed E-state index contributed by atoms with van der Waals surface area (Å²) in [5, 5.41) is 20.8. The van der Waals surface area contributed by atoms with Gasteiger partial charge in [-0.05, 0) is 12.8 Å². The number of hydrogen-bond donors (Lipinski definition) is 2. The highest BCUT2D eigenvalue weighted by Crippen LogP contribution is 1.96. The van der Waals surface area contributed by atoms with E-state index < -0.39 is 0 Å². The van der Waals surface area contributed by atoms with E-state index in [0.29, 0.717) is 13.0 Å². The molecule has 0 saturated carbocycles. The molecular formula is C9H18N2O. The van der Waals surface area contributed by atoms with Gasteiger partial charge >= 0.3 is 0 Å². The molecule has 0 aliphatic heterocycles. The maximum atomic E-state index is 9.23. The summed E-state index contributed by atoms with van der Waals surface area (Å²) < 4.78 is 0. The molecule has 0 heterocycles. The minimum absolute atomic E-state index is 0.233. The lowest BCUT2D eigenvalue weighted by Crippen LogP contribution is -2.34. The van der Waals surface area contributed by atoms with Crippen LogP contribution in [0.1, 0.15) is 33.1 Å². The molecule has 70 valence electrons. The van der Waals surface area contributed by atoms with Crippen LogP contribution in [-0.2, 0) is 0 Å². The van der Waals surface area contributed by atoms with Crippen LogP contribution in [0.2, 0.25) is 0 Å². The van der Waals surface area contributed by atoms with E-state index in [9.17, 15) is 5.11 Å². The standard InChI is InChI=1S/C9H18N2O/c1-3-8(5-6-10)11-7-9(12)4-2/h8-9,11-12H,3-5,7H2,1-2H3. The summed E-state index contributed by atoms with van der Waals surface area (Å²) in [6.45, 7) is 4.57. The summed E-state index contributed by atoms with van der Waals surface area (Å²) in [7, 11) is 0. The molecule has 2 unspecified atom stereocenters. The number of hydrogen-bond acceptors (Lipinski definition) is 3. The fourth-order valence-corrected chi connectivity index (χ4v) is 0.918. The van der Waals surface area contributed by atoms with Crippen molar-refractivity contribution in [3.63, 3.8) is 0 Å². The Bertz CT molecular complexity index is 142. The Balaban J connectivity index is 3.51. The van der Waals surface area contributed by atoms with E-state index in [1.165, 1.54) is 0 Å². The minimum atomic E-state index is -0.280. The summed E-state index contributed by atoms with van der Waals surface area (Å²) >= 11 is 0. The predicted molar refractivity (Wildman–Crippen MR) is 48.6 cm³/mol. The van der Waals surface area contributed by atoms with Crippen molar-refractivity contribution >= 4 is 0 Å². The maximum Gasteiger partial charge on any atom is 0.0662 e. The molecule has 0 amide bonds. The van der Waals surface area contributed by atoms with Gasteiger partial charge in [0.15, 0.2) is 0 Å². The molecule has 3 heteroatoms. The van der Waals surface area contributed by atoms with Gasteiger partial charge in [0.05, 0.1) is 18.6 Å². The number of nitrogens with zero attached hydrogens (tertiary/aromatic N) is 1. The predicted octanol–water partition coefficient (Wildman–Crippen LogP) is 1.04. The van der Waals surface area contributed by atoms with Crippen LogP contribution in [-0.4, -0.2) is 23.8 Å². The third-order valence-electron chi connectivity index (χ3n) is 1.94. The normalized spacial score (nSPS) is 15.2. The SMILES string of the molecule is CCC(O)CNC(CC)CC#N. The van der Waals surface area contributed by atoms with Crippen molar-refractivity contribution < 1.29 is 5.11 Å². The third-order valence-corrected chi connectivity index (χ3v) is 1.94. The Morgan fingerprint density at radius 3 is 2.50 bits per heavy atom. The lowest BCUT2D eigenvalue weighted by Gasteiger charge is -2.15. The number of aliphatic hydroxyl groups is 1. The van der Waals surface area contributed by atoms with E-state index in [0.717, 1.165) is 12.8 Å². The Morgan fingerprint density at radius 1 is 1.42 bits per heavy atom. The Hall–Kier alpha value is -0.590. The van der Waals surface area contributed by atoms with Crippen LogP contribution in [0.3, 0.4) is 0 Å². The summed E-state index contributed by atoms with van der Waals surface area (Å²) in [6, 6.07) is 2.35. The van der Waals surface area contributed by atoms with Crippen molar-refractivity contribution in [2.45, 2.75) is 45.3 Å². The van der Waals surface area contributed by atoms with Crippen LogP contribution in [0.15, 0.2) is 0 Å². The fourth-order valence-electron chi connectivity index (χ4n) is 0.918. The largest absolute Gasteiger partial charge is 0.392 e. The first-order valence-corrected chi connectivity index (χ1v) is 4.52. The summed E-state index contributed by atoms with van der Waals surface area (Å²) in [5.41, 5.74) is 0. The van der Waals surface area contributed by atoms with Gasteiger partial charge in [0.1, 0.15) is 0 Å². The van der Waals surface area contributed by atoms with E-state index >= 15 is 0 Å². The van der Waals surface area contributed by atoms with Gasteiger partial charge in [-0.15, -0.1) is 0 Å². The van der Waals surface area contributed by atoms with E-state index in [4.69, 9.17) is 5.26 Å². The van der Waals surface area contributed by atoms with Crippen LogP contribution < -0.4 is 5.32 Å². The lowest BCUT2D eigenvalue weighted by molar-refractivity contribution is 0.162. The van der Waals surface area contributed by atoms with Crippen LogP contribution in [0.25, 0.3) is 0 Å². The van der Waals surface area contributed by atoms with Crippen LogP contribution >= 0.6 is 0 Å². The molecule has 0 saturated heterocycles. The zero-order valence-corrected chi connectivity index (χ0v) is 7.88. The van der Waals surface area contributed by atoms with Gasteiger partial charge in [-0.3, -0.25) is 0 Å². The van der Waals surface area contributed by atoms with Crippen molar-refractivity contribution in [3.05, 3.63) is 0 Å². The molecule has 0 aliphatic carbocycles. The second kappa shape index (κ2) is 7.08. The second-order valence-corrected chi connectivity index (χ2v) is 2.94. The fraction of sp³-hybridized carbons (Fsp3) is 0.889. The maximum absolute atomic E-state index is 9.23. The van der Waals surface area contributed by atoms with Gasteiger partial charge in [-0.25, -0.2) is 0 Å². The summed E-state index contributed by atoms with van der Waals surface area (Å²) in [6.07, 6.45) is 1.94. The van der Waals surface area contributed by atoms with Gasteiger partial charge in [0, 0.05) is 12.6 Å². The molecule has 0 rings (SSSR count). The summed E-state index contributed by atoms with van der Waals surface area (Å²) in [5.74, 6) is 0. The number of nitrogens with one attached hydrogen (secondary N) is 1. The second-order valence-electron chi connectivity index (χ2n) is 2.94. The lowest BCUT2D eigenvalue weighted by atomic mass is 10.1. The Morgan fingerprint density at radius 2 is 2.08 bits per heavy atom. The van der Waals surface area contributed by atoms with Crippen molar-refractivity contribution in [1.82, 2.24) is 5.32 Å². The zero-order valence-electron chi connectivity index (χ0n) is 7.88. The molecule has 0 aromatic rings. The highest BCUT2D eigenvalue weighted by molar-refractivity contribution is 4.80. The first-order chi connectivity index (χ1) is 5.74. The Kier molecular flexibility index (Phi) is 6.73. The van der Waals surface area contributed by atoms with Gasteiger partial charge in [0.25, 0.3) is 0 Å².